The molecule has 7 heteroatoms. The van der Waals surface area contributed by atoms with Crippen molar-refractivity contribution in [1.82, 2.24) is 0 Å². The Morgan fingerprint density at radius 1 is 1.05 bits per heavy atom. The van der Waals surface area contributed by atoms with E-state index in [9.17, 15) is 9.59 Å². The van der Waals surface area contributed by atoms with Crippen LogP contribution in [0.1, 0.15) is 26.7 Å². The summed E-state index contributed by atoms with van der Waals surface area (Å²) >= 11 is 17.5. The Morgan fingerprint density at radius 3 is 2.14 bits per heavy atom. The molecule has 0 bridgehead atoms. The van der Waals surface area contributed by atoms with Gasteiger partial charge in [0, 0.05) is 5.02 Å². The predicted octanol–water partition coefficient (Wildman–Crippen LogP) is 4.84. The Labute approximate surface area is 143 Å². The van der Waals surface area contributed by atoms with Crippen molar-refractivity contribution < 1.29 is 19.1 Å². The lowest BCUT2D eigenvalue weighted by atomic mass is 10.3. The number of ether oxygens (including phenoxy) is 2. The Morgan fingerprint density at radius 2 is 1.59 bits per heavy atom. The molecule has 1 rings (SSSR count). The maximum absolute atomic E-state index is 11.7. The van der Waals surface area contributed by atoms with E-state index in [1.165, 1.54) is 12.1 Å². The maximum Gasteiger partial charge on any atom is 0.311 e. The van der Waals surface area contributed by atoms with Crippen LogP contribution in [0.25, 0.3) is 0 Å². The van der Waals surface area contributed by atoms with Gasteiger partial charge in [-0.25, -0.2) is 0 Å². The van der Waals surface area contributed by atoms with Gasteiger partial charge < -0.3 is 9.47 Å². The molecule has 1 aromatic carbocycles. The summed E-state index contributed by atoms with van der Waals surface area (Å²) in [6.45, 7) is 3.97. The average molecular weight is 366 g/mol. The zero-order chi connectivity index (χ0) is 16.7. The van der Waals surface area contributed by atoms with E-state index >= 15 is 0 Å². The lowest BCUT2D eigenvalue weighted by Gasteiger charge is -2.08. The molecule has 0 aliphatic carbocycles. The molecule has 0 aliphatic heterocycles. The fourth-order valence-corrected chi connectivity index (χ4v) is 2.26. The van der Waals surface area contributed by atoms with Crippen LogP contribution < -0.4 is 4.74 Å². The van der Waals surface area contributed by atoms with E-state index in [0.29, 0.717) is 5.02 Å². The van der Waals surface area contributed by atoms with Gasteiger partial charge in [0.05, 0.1) is 22.9 Å². The van der Waals surface area contributed by atoms with E-state index in [-0.39, 0.29) is 35.2 Å². The molecule has 0 atom stereocenters. The van der Waals surface area contributed by atoms with Crippen LogP contribution in [0.3, 0.4) is 0 Å². The lowest BCUT2D eigenvalue weighted by molar-refractivity contribution is -0.145. The number of carbonyl (C=O) groups excluding carboxylic acids is 2. The molecule has 120 valence electrons. The summed E-state index contributed by atoms with van der Waals surface area (Å²) in [6.07, 6.45) is 1.55. The largest absolute Gasteiger partial charge is 0.461 e. The summed E-state index contributed by atoms with van der Waals surface area (Å²) < 4.78 is 9.97. The molecule has 0 aliphatic rings. The van der Waals surface area contributed by atoms with Crippen molar-refractivity contribution in [1.29, 1.82) is 0 Å². The molecule has 0 heterocycles. The number of rotatable bonds is 6. The second kappa shape index (κ2) is 9.03. The molecular formula is C15H15Cl3O4. The number of halogens is 3. The van der Waals surface area contributed by atoms with Crippen LogP contribution in [0.2, 0.25) is 15.1 Å². The molecule has 0 spiro atoms. The first-order chi connectivity index (χ1) is 10.3. The second-order valence-electron chi connectivity index (χ2n) is 4.64. The number of allylic oxidation sites excluding steroid dienone is 1. The molecule has 22 heavy (non-hydrogen) atoms. The van der Waals surface area contributed by atoms with Gasteiger partial charge in [-0.15, -0.1) is 0 Å². The van der Waals surface area contributed by atoms with Gasteiger partial charge in [-0.1, -0.05) is 40.4 Å². The third-order valence-electron chi connectivity index (χ3n) is 2.45. The van der Waals surface area contributed by atoms with Gasteiger partial charge in [-0.05, 0) is 32.1 Å². The quantitative estimate of drug-likeness (QED) is 0.411. The van der Waals surface area contributed by atoms with Crippen molar-refractivity contribution in [2.24, 2.45) is 0 Å². The van der Waals surface area contributed by atoms with Crippen LogP contribution in [0.15, 0.2) is 23.8 Å². The first-order valence-corrected chi connectivity index (χ1v) is 7.57. The molecule has 0 N–H and O–H groups in total. The number of carbonyl (C=O) groups is 2. The topological polar surface area (TPSA) is 52.6 Å². The summed E-state index contributed by atoms with van der Waals surface area (Å²) in [5, 5.41) is 0.576. The van der Waals surface area contributed by atoms with Crippen molar-refractivity contribution >= 4 is 46.7 Å². The van der Waals surface area contributed by atoms with E-state index in [0.717, 1.165) is 5.57 Å². The third-order valence-corrected chi connectivity index (χ3v) is 3.23. The van der Waals surface area contributed by atoms with Crippen LogP contribution in [0.5, 0.6) is 5.75 Å². The SMILES string of the molecule is CC(C)=CCOC(=O)CCC(=O)Oc1c(Cl)cc(Cl)cc1Cl. The van der Waals surface area contributed by atoms with Crippen LogP contribution in [-0.4, -0.2) is 18.5 Å². The van der Waals surface area contributed by atoms with E-state index in [2.05, 4.69) is 0 Å². The van der Waals surface area contributed by atoms with Crippen LogP contribution in [-0.2, 0) is 14.3 Å². The lowest BCUT2D eigenvalue weighted by Crippen LogP contribution is -2.13. The van der Waals surface area contributed by atoms with Crippen molar-refractivity contribution in [2.75, 3.05) is 6.61 Å². The molecule has 0 fully saturated rings. The maximum atomic E-state index is 11.7. The highest BCUT2D eigenvalue weighted by molar-refractivity contribution is 6.40. The van der Waals surface area contributed by atoms with E-state index < -0.39 is 11.9 Å². The first-order valence-electron chi connectivity index (χ1n) is 6.43. The predicted molar refractivity (Wildman–Crippen MR) is 86.7 cm³/mol. The van der Waals surface area contributed by atoms with Gasteiger partial charge in [0.15, 0.2) is 5.75 Å². The Kier molecular flexibility index (Phi) is 7.73. The van der Waals surface area contributed by atoms with Crippen LogP contribution in [0, 0.1) is 0 Å². The standard InChI is InChI=1S/C15H15Cl3O4/c1-9(2)5-6-21-13(19)3-4-14(20)22-15-11(17)7-10(16)8-12(15)18/h5,7-8H,3-4,6H2,1-2H3. The molecule has 0 amide bonds. The highest BCUT2D eigenvalue weighted by Gasteiger charge is 2.15. The second-order valence-corrected chi connectivity index (χ2v) is 5.89. The molecule has 0 saturated carbocycles. The normalized spacial score (nSPS) is 10.0. The summed E-state index contributed by atoms with van der Waals surface area (Å²) in [5.41, 5.74) is 1.04. The summed E-state index contributed by atoms with van der Waals surface area (Å²) in [5.74, 6) is -1.09. The summed E-state index contributed by atoms with van der Waals surface area (Å²) in [6, 6.07) is 2.82. The molecule has 0 saturated heterocycles. The van der Waals surface area contributed by atoms with Crippen LogP contribution >= 0.6 is 34.8 Å². The minimum atomic E-state index is -0.634. The van der Waals surface area contributed by atoms with Crippen molar-refractivity contribution in [2.45, 2.75) is 26.7 Å². The van der Waals surface area contributed by atoms with Crippen LogP contribution in [0.4, 0.5) is 0 Å². The zero-order valence-electron chi connectivity index (χ0n) is 12.1. The van der Waals surface area contributed by atoms with E-state index in [4.69, 9.17) is 44.3 Å². The molecular weight excluding hydrogens is 351 g/mol. The number of esters is 2. The Balaban J connectivity index is 2.47. The highest BCUT2D eigenvalue weighted by atomic mass is 35.5. The third kappa shape index (κ3) is 6.69. The molecule has 0 unspecified atom stereocenters. The fourth-order valence-electron chi connectivity index (χ4n) is 1.37. The monoisotopic (exact) mass is 364 g/mol. The first kappa shape index (κ1) is 18.8. The van der Waals surface area contributed by atoms with Gasteiger partial charge >= 0.3 is 11.9 Å². The summed E-state index contributed by atoms with van der Waals surface area (Å²) in [7, 11) is 0. The highest BCUT2D eigenvalue weighted by Crippen LogP contribution is 2.36. The number of hydrogen-bond acceptors (Lipinski definition) is 4. The van der Waals surface area contributed by atoms with Gasteiger partial charge in [-0.2, -0.15) is 0 Å². The minimum absolute atomic E-state index is 0.0237. The van der Waals surface area contributed by atoms with Gasteiger partial charge in [0.1, 0.15) is 6.61 Å². The Hall–Kier alpha value is -1.23. The van der Waals surface area contributed by atoms with Gasteiger partial charge in [-0.3, -0.25) is 9.59 Å². The zero-order valence-corrected chi connectivity index (χ0v) is 14.4. The Bertz CT molecular complexity index is 569. The van der Waals surface area contributed by atoms with Crippen molar-refractivity contribution in [3.05, 3.63) is 38.8 Å². The van der Waals surface area contributed by atoms with E-state index in [1.54, 1.807) is 6.08 Å². The number of hydrogen-bond donors (Lipinski definition) is 0. The molecule has 4 nitrogen and oxygen atoms in total. The fraction of sp³-hybridized carbons (Fsp3) is 0.333. The minimum Gasteiger partial charge on any atom is -0.461 e. The molecule has 0 radical (unpaired) electrons. The molecule has 0 aromatic heterocycles. The smallest absolute Gasteiger partial charge is 0.311 e. The number of benzene rings is 1. The summed E-state index contributed by atoms with van der Waals surface area (Å²) in [4.78, 5) is 23.1. The molecule has 1 aromatic rings. The van der Waals surface area contributed by atoms with Crippen molar-refractivity contribution in [3.8, 4) is 5.75 Å². The van der Waals surface area contributed by atoms with Gasteiger partial charge in [0.25, 0.3) is 0 Å². The van der Waals surface area contributed by atoms with E-state index in [1.807, 2.05) is 13.8 Å². The average Bonchev–Trinajstić information content (AvgIpc) is 2.40. The van der Waals surface area contributed by atoms with Gasteiger partial charge in [0.2, 0.25) is 0 Å². The van der Waals surface area contributed by atoms with Crippen molar-refractivity contribution in [3.63, 3.8) is 0 Å².